The highest BCUT2D eigenvalue weighted by Crippen LogP contribution is 2.25. The second-order valence-corrected chi connectivity index (χ2v) is 3.29. The van der Waals surface area contributed by atoms with Crippen molar-refractivity contribution >= 4 is 23.3 Å². The van der Waals surface area contributed by atoms with Crippen molar-refractivity contribution in [3.8, 4) is 5.75 Å². The molecule has 0 amide bonds. The predicted molar refractivity (Wildman–Crippen MR) is 58.0 cm³/mol. The number of esters is 1. The van der Waals surface area contributed by atoms with Crippen LogP contribution in [0.1, 0.15) is 6.42 Å². The van der Waals surface area contributed by atoms with Gasteiger partial charge in [-0.05, 0) is 12.1 Å². The van der Waals surface area contributed by atoms with E-state index in [1.54, 1.807) is 18.2 Å². The molecule has 0 aromatic heterocycles. The average molecular weight is 230 g/mol. The Kier molecular flexibility index (Phi) is 4.24. The molecule has 0 aliphatic heterocycles. The molecule has 0 saturated carbocycles. The van der Waals surface area contributed by atoms with E-state index in [-0.39, 0.29) is 19.0 Å². The molecule has 0 saturated heterocycles. The molecule has 0 fully saturated rings. The minimum Gasteiger partial charge on any atom is -0.491 e. The van der Waals surface area contributed by atoms with E-state index in [0.29, 0.717) is 16.5 Å². The number of hydrogen-bond donors (Lipinski definition) is 1. The lowest BCUT2D eigenvalue weighted by molar-refractivity contribution is -0.141. The number of rotatable bonds is 4. The summed E-state index contributed by atoms with van der Waals surface area (Å²) in [5.41, 5.74) is 6.13. The largest absolute Gasteiger partial charge is 0.491 e. The molecule has 15 heavy (non-hydrogen) atoms. The fourth-order valence-corrected chi connectivity index (χ4v) is 1.14. The van der Waals surface area contributed by atoms with Crippen LogP contribution in [-0.2, 0) is 9.53 Å². The highest BCUT2D eigenvalue weighted by molar-refractivity contribution is 6.30. The quantitative estimate of drug-likeness (QED) is 0.633. The number of carbonyl (C=O) groups is 1. The van der Waals surface area contributed by atoms with Crippen LogP contribution in [0.25, 0.3) is 0 Å². The van der Waals surface area contributed by atoms with Crippen molar-refractivity contribution in [2.24, 2.45) is 0 Å². The molecule has 1 aromatic carbocycles. The molecule has 0 heterocycles. The maximum atomic E-state index is 10.8. The van der Waals surface area contributed by atoms with E-state index in [4.69, 9.17) is 22.1 Å². The molecular weight excluding hydrogens is 218 g/mol. The molecule has 0 spiro atoms. The van der Waals surface area contributed by atoms with Crippen molar-refractivity contribution in [3.05, 3.63) is 23.2 Å². The minimum atomic E-state index is -0.324. The zero-order valence-electron chi connectivity index (χ0n) is 8.33. The lowest BCUT2D eigenvalue weighted by Gasteiger charge is -2.08. The summed E-state index contributed by atoms with van der Waals surface area (Å²) in [5.74, 6) is 0.155. The van der Waals surface area contributed by atoms with Crippen molar-refractivity contribution in [3.63, 3.8) is 0 Å². The van der Waals surface area contributed by atoms with E-state index in [1.807, 2.05) is 0 Å². The molecule has 0 bridgehead atoms. The number of hydrogen-bond acceptors (Lipinski definition) is 4. The van der Waals surface area contributed by atoms with Crippen LogP contribution in [0, 0.1) is 0 Å². The Bertz CT molecular complexity index is 355. The minimum absolute atomic E-state index is 0.183. The van der Waals surface area contributed by atoms with E-state index in [1.165, 1.54) is 7.11 Å². The van der Waals surface area contributed by atoms with Crippen molar-refractivity contribution in [2.75, 3.05) is 19.5 Å². The van der Waals surface area contributed by atoms with Crippen molar-refractivity contribution < 1.29 is 14.3 Å². The van der Waals surface area contributed by atoms with E-state index in [9.17, 15) is 4.79 Å². The van der Waals surface area contributed by atoms with Gasteiger partial charge in [0.2, 0.25) is 0 Å². The van der Waals surface area contributed by atoms with E-state index in [0.717, 1.165) is 0 Å². The predicted octanol–water partition coefficient (Wildman–Crippen LogP) is 1.86. The van der Waals surface area contributed by atoms with E-state index in [2.05, 4.69) is 4.74 Å². The molecular formula is C10H12ClNO3. The van der Waals surface area contributed by atoms with Gasteiger partial charge in [0, 0.05) is 11.1 Å². The molecule has 5 heteroatoms. The van der Waals surface area contributed by atoms with Crippen LogP contribution in [0.2, 0.25) is 5.02 Å². The van der Waals surface area contributed by atoms with Crippen molar-refractivity contribution in [2.45, 2.75) is 6.42 Å². The van der Waals surface area contributed by atoms with Gasteiger partial charge in [-0.2, -0.15) is 0 Å². The number of nitrogen functional groups attached to an aromatic ring is 1. The van der Waals surface area contributed by atoms with Gasteiger partial charge in [0.15, 0.2) is 0 Å². The first-order chi connectivity index (χ1) is 7.13. The van der Waals surface area contributed by atoms with Gasteiger partial charge in [-0.25, -0.2) is 0 Å². The van der Waals surface area contributed by atoms with Gasteiger partial charge in [0.1, 0.15) is 5.75 Å². The smallest absolute Gasteiger partial charge is 0.308 e. The highest BCUT2D eigenvalue weighted by atomic mass is 35.5. The molecule has 0 aliphatic rings. The third-order valence-electron chi connectivity index (χ3n) is 1.77. The second-order valence-electron chi connectivity index (χ2n) is 2.86. The number of halogens is 1. The molecule has 2 N–H and O–H groups in total. The summed E-state index contributed by atoms with van der Waals surface area (Å²) >= 11 is 5.76. The third kappa shape index (κ3) is 3.67. The standard InChI is InChI=1S/C10H12ClNO3/c1-14-10(13)4-5-15-9-6-7(11)2-3-8(9)12/h2-3,6H,4-5,12H2,1H3. The number of ether oxygens (including phenoxy) is 2. The zero-order valence-corrected chi connectivity index (χ0v) is 9.08. The maximum absolute atomic E-state index is 10.8. The molecule has 0 atom stereocenters. The maximum Gasteiger partial charge on any atom is 0.308 e. The monoisotopic (exact) mass is 229 g/mol. The van der Waals surface area contributed by atoms with Crippen LogP contribution in [0.5, 0.6) is 5.75 Å². The molecule has 0 unspecified atom stereocenters. The lowest BCUT2D eigenvalue weighted by Crippen LogP contribution is -2.08. The number of methoxy groups -OCH3 is 1. The van der Waals surface area contributed by atoms with Crippen LogP contribution >= 0.6 is 11.6 Å². The van der Waals surface area contributed by atoms with Gasteiger partial charge in [0.25, 0.3) is 0 Å². The SMILES string of the molecule is COC(=O)CCOc1cc(Cl)ccc1N. The van der Waals surface area contributed by atoms with Crippen molar-refractivity contribution in [1.82, 2.24) is 0 Å². The first-order valence-corrected chi connectivity index (χ1v) is 4.76. The van der Waals surface area contributed by atoms with Crippen LogP contribution in [0.3, 0.4) is 0 Å². The third-order valence-corrected chi connectivity index (χ3v) is 2.00. The summed E-state index contributed by atoms with van der Waals surface area (Å²) in [5, 5.41) is 0.539. The van der Waals surface area contributed by atoms with Gasteiger partial charge >= 0.3 is 5.97 Å². The Morgan fingerprint density at radius 1 is 1.53 bits per heavy atom. The topological polar surface area (TPSA) is 61.5 Å². The molecule has 4 nitrogen and oxygen atoms in total. The number of anilines is 1. The van der Waals surface area contributed by atoms with Crippen LogP contribution in [0.4, 0.5) is 5.69 Å². The van der Waals surface area contributed by atoms with Crippen LogP contribution in [0.15, 0.2) is 18.2 Å². The zero-order chi connectivity index (χ0) is 11.3. The first kappa shape index (κ1) is 11.7. The first-order valence-electron chi connectivity index (χ1n) is 4.38. The Balaban J connectivity index is 2.50. The summed E-state index contributed by atoms with van der Waals surface area (Å²) in [6.07, 6.45) is 0.183. The average Bonchev–Trinajstić information content (AvgIpc) is 2.23. The summed E-state index contributed by atoms with van der Waals surface area (Å²) in [6.45, 7) is 0.219. The number of benzene rings is 1. The fourth-order valence-electron chi connectivity index (χ4n) is 0.980. The van der Waals surface area contributed by atoms with Gasteiger partial charge in [-0.3, -0.25) is 4.79 Å². The normalized spacial score (nSPS) is 9.73. The Morgan fingerprint density at radius 2 is 2.27 bits per heavy atom. The lowest BCUT2D eigenvalue weighted by atomic mass is 10.3. The number of nitrogens with two attached hydrogens (primary N) is 1. The van der Waals surface area contributed by atoms with Gasteiger partial charge in [-0.1, -0.05) is 11.6 Å². The molecule has 0 radical (unpaired) electrons. The Labute approximate surface area is 92.9 Å². The molecule has 1 rings (SSSR count). The van der Waals surface area contributed by atoms with Crippen molar-refractivity contribution in [1.29, 1.82) is 0 Å². The van der Waals surface area contributed by atoms with Gasteiger partial charge in [-0.15, -0.1) is 0 Å². The fraction of sp³-hybridized carbons (Fsp3) is 0.300. The van der Waals surface area contributed by atoms with E-state index >= 15 is 0 Å². The molecule has 0 aliphatic carbocycles. The Hall–Kier alpha value is -1.42. The highest BCUT2D eigenvalue weighted by Gasteiger charge is 2.04. The van der Waals surface area contributed by atoms with E-state index < -0.39 is 0 Å². The number of carbonyl (C=O) groups excluding carboxylic acids is 1. The summed E-state index contributed by atoms with van der Waals surface area (Å²) in [7, 11) is 1.33. The van der Waals surface area contributed by atoms with Crippen LogP contribution in [-0.4, -0.2) is 19.7 Å². The Morgan fingerprint density at radius 3 is 2.93 bits per heavy atom. The molecule has 82 valence electrons. The van der Waals surface area contributed by atoms with Crippen LogP contribution < -0.4 is 10.5 Å². The summed E-state index contributed by atoms with van der Waals surface area (Å²) < 4.78 is 9.75. The molecule has 1 aromatic rings. The summed E-state index contributed by atoms with van der Waals surface area (Å²) in [4.78, 5) is 10.8. The van der Waals surface area contributed by atoms with Gasteiger partial charge < -0.3 is 15.2 Å². The summed E-state index contributed by atoms with van der Waals surface area (Å²) in [6, 6.07) is 4.92. The van der Waals surface area contributed by atoms with Gasteiger partial charge in [0.05, 0.1) is 25.8 Å². The second kappa shape index (κ2) is 5.46.